The molecule has 0 spiro atoms. The first kappa shape index (κ1) is 25.6. The Kier molecular flexibility index (Phi) is 7.59. The highest BCUT2D eigenvalue weighted by Gasteiger charge is 2.40. The minimum atomic E-state index is -4.59. The maximum Gasteiger partial charge on any atom is 0.407 e. The molecule has 2 heterocycles. The Morgan fingerprint density at radius 3 is 2.31 bits per heavy atom. The summed E-state index contributed by atoms with van der Waals surface area (Å²) in [5, 5.41) is 18.4. The maximum atomic E-state index is 13.2. The van der Waals surface area contributed by atoms with Crippen LogP contribution in [0.1, 0.15) is 49.8 Å². The van der Waals surface area contributed by atoms with Gasteiger partial charge >= 0.3 is 18.2 Å². The summed E-state index contributed by atoms with van der Waals surface area (Å²) >= 11 is 6.14. The maximum absolute atomic E-state index is 13.2. The zero-order valence-corrected chi connectivity index (χ0v) is 18.4. The summed E-state index contributed by atoms with van der Waals surface area (Å²) in [6.45, 7) is 3.97. The standard InChI is InChI=1S/C19H24ClF3N4O5/c1-18(2,3)16-24-7-12(13(20)25-16)14(28)27(5-4-19(21,22)23)11-6-10(15(29)30)8-26(9-11)17(31)32/h7,10-11H,4-6,8-9H2,1-3H3,(H,29,30)(H,31,32)/t10-,11+/m1/s1. The van der Waals surface area contributed by atoms with Gasteiger partial charge in [0.05, 0.1) is 23.9 Å². The number of hydrogen-bond donors (Lipinski definition) is 2. The molecule has 0 saturated carbocycles. The Morgan fingerprint density at radius 2 is 1.84 bits per heavy atom. The van der Waals surface area contributed by atoms with Crippen LogP contribution in [0.4, 0.5) is 18.0 Å². The van der Waals surface area contributed by atoms with Gasteiger partial charge < -0.3 is 20.0 Å². The first-order valence-corrected chi connectivity index (χ1v) is 10.1. The minimum absolute atomic E-state index is 0.207. The summed E-state index contributed by atoms with van der Waals surface area (Å²) < 4.78 is 38.8. The predicted molar refractivity (Wildman–Crippen MR) is 107 cm³/mol. The molecule has 1 saturated heterocycles. The van der Waals surface area contributed by atoms with Gasteiger partial charge in [-0.05, 0) is 6.42 Å². The van der Waals surface area contributed by atoms with E-state index in [1.165, 1.54) is 0 Å². The first-order chi connectivity index (χ1) is 14.6. The zero-order chi connectivity index (χ0) is 24.4. The molecule has 2 rings (SSSR count). The summed E-state index contributed by atoms with van der Waals surface area (Å²) in [6, 6.07) is -1.10. The van der Waals surface area contributed by atoms with Crippen molar-refractivity contribution in [1.29, 1.82) is 0 Å². The lowest BCUT2D eigenvalue weighted by molar-refractivity contribution is -0.146. The van der Waals surface area contributed by atoms with Gasteiger partial charge in [-0.3, -0.25) is 9.59 Å². The van der Waals surface area contributed by atoms with Crippen LogP contribution in [0.5, 0.6) is 0 Å². The zero-order valence-electron chi connectivity index (χ0n) is 17.7. The molecular formula is C19H24ClF3N4O5. The Balaban J connectivity index is 2.42. The van der Waals surface area contributed by atoms with Gasteiger partial charge in [0, 0.05) is 31.2 Å². The molecule has 1 aromatic rings. The number of piperidine rings is 1. The smallest absolute Gasteiger partial charge is 0.407 e. The fourth-order valence-electron chi connectivity index (χ4n) is 3.35. The van der Waals surface area contributed by atoms with Crippen molar-refractivity contribution in [3.05, 3.63) is 22.7 Å². The summed E-state index contributed by atoms with van der Waals surface area (Å²) in [5.41, 5.74) is -0.748. The number of nitrogens with zero attached hydrogens (tertiary/aromatic N) is 4. The molecule has 178 valence electrons. The Bertz CT molecular complexity index is 869. The third-order valence-electron chi connectivity index (χ3n) is 5.03. The predicted octanol–water partition coefficient (Wildman–Crippen LogP) is 3.28. The van der Waals surface area contributed by atoms with Crippen LogP contribution in [-0.4, -0.2) is 79.8 Å². The van der Waals surface area contributed by atoms with E-state index >= 15 is 0 Å². The largest absolute Gasteiger partial charge is 0.481 e. The Hall–Kier alpha value is -2.63. The minimum Gasteiger partial charge on any atom is -0.481 e. The fourth-order valence-corrected chi connectivity index (χ4v) is 3.56. The number of amides is 2. The molecule has 9 nitrogen and oxygen atoms in total. The summed E-state index contributed by atoms with van der Waals surface area (Å²) in [4.78, 5) is 45.9. The van der Waals surface area contributed by atoms with Crippen LogP contribution in [0.25, 0.3) is 0 Å². The highest BCUT2D eigenvalue weighted by atomic mass is 35.5. The van der Waals surface area contributed by atoms with Crippen LogP contribution < -0.4 is 0 Å². The number of carboxylic acid groups (broad SMARTS) is 2. The monoisotopic (exact) mass is 480 g/mol. The van der Waals surface area contributed by atoms with Crippen LogP contribution >= 0.6 is 11.6 Å². The van der Waals surface area contributed by atoms with Crippen LogP contribution in [0.2, 0.25) is 5.15 Å². The molecule has 2 N–H and O–H groups in total. The van der Waals surface area contributed by atoms with Crippen LogP contribution in [0.3, 0.4) is 0 Å². The average Bonchev–Trinajstić information content (AvgIpc) is 2.65. The number of aromatic nitrogens is 2. The van der Waals surface area contributed by atoms with Crippen LogP contribution in [-0.2, 0) is 10.2 Å². The van der Waals surface area contributed by atoms with Gasteiger partial charge in [0.25, 0.3) is 5.91 Å². The molecule has 1 aliphatic heterocycles. The van der Waals surface area contributed by atoms with Gasteiger partial charge in [-0.2, -0.15) is 13.2 Å². The summed E-state index contributed by atoms with van der Waals surface area (Å²) in [7, 11) is 0. The number of carbonyl (C=O) groups excluding carboxylic acids is 1. The molecule has 2 amide bonds. The van der Waals surface area contributed by atoms with E-state index in [1.807, 2.05) is 20.8 Å². The Morgan fingerprint density at radius 1 is 1.22 bits per heavy atom. The number of rotatable bonds is 5. The SMILES string of the molecule is CC(C)(C)c1ncc(C(=O)N(CCC(F)(F)F)[C@H]2C[C@@H](C(=O)O)CN(C(=O)O)C2)c(Cl)n1. The van der Waals surface area contributed by atoms with Crippen molar-refractivity contribution in [2.75, 3.05) is 19.6 Å². The highest BCUT2D eigenvalue weighted by molar-refractivity contribution is 6.32. The number of aliphatic carboxylic acids is 1. The quantitative estimate of drug-likeness (QED) is 0.620. The lowest BCUT2D eigenvalue weighted by Gasteiger charge is -2.40. The van der Waals surface area contributed by atoms with Crippen molar-refractivity contribution >= 4 is 29.6 Å². The second-order valence-electron chi connectivity index (χ2n) is 8.62. The molecule has 32 heavy (non-hydrogen) atoms. The second kappa shape index (κ2) is 9.47. The molecule has 1 aromatic heterocycles. The molecule has 1 aliphatic rings. The number of likely N-dealkylation sites (tertiary alicyclic amines) is 1. The van der Waals surface area contributed by atoms with E-state index in [-0.39, 0.29) is 30.2 Å². The van der Waals surface area contributed by atoms with E-state index < -0.39 is 54.5 Å². The van der Waals surface area contributed by atoms with Gasteiger partial charge in [0.15, 0.2) is 0 Å². The highest BCUT2D eigenvalue weighted by Crippen LogP contribution is 2.28. The molecule has 0 aromatic carbocycles. The van der Waals surface area contributed by atoms with E-state index in [2.05, 4.69) is 9.97 Å². The number of halogens is 4. The van der Waals surface area contributed by atoms with Crippen molar-refractivity contribution in [3.8, 4) is 0 Å². The van der Waals surface area contributed by atoms with E-state index in [0.29, 0.717) is 5.82 Å². The average molecular weight is 481 g/mol. The molecular weight excluding hydrogens is 457 g/mol. The van der Waals surface area contributed by atoms with Crippen molar-refractivity contribution in [2.45, 2.75) is 51.2 Å². The Labute approximate surface area is 187 Å². The topological polar surface area (TPSA) is 124 Å². The summed E-state index contributed by atoms with van der Waals surface area (Å²) in [6.07, 6.45) is -6.48. The molecule has 2 atom stereocenters. The molecule has 0 bridgehead atoms. The molecule has 0 unspecified atom stereocenters. The van der Waals surface area contributed by atoms with Crippen molar-refractivity contribution in [3.63, 3.8) is 0 Å². The number of carboxylic acids is 1. The van der Waals surface area contributed by atoms with Crippen molar-refractivity contribution < 1.29 is 37.8 Å². The van der Waals surface area contributed by atoms with Crippen LogP contribution in [0.15, 0.2) is 6.20 Å². The lowest BCUT2D eigenvalue weighted by Crippen LogP contribution is -2.55. The molecule has 0 aliphatic carbocycles. The first-order valence-electron chi connectivity index (χ1n) is 9.71. The van der Waals surface area contributed by atoms with Gasteiger partial charge in [-0.25, -0.2) is 14.8 Å². The van der Waals surface area contributed by atoms with Gasteiger partial charge in [0.1, 0.15) is 11.0 Å². The van der Waals surface area contributed by atoms with Gasteiger partial charge in [0.2, 0.25) is 0 Å². The normalized spacial score (nSPS) is 19.5. The fraction of sp³-hybridized carbons (Fsp3) is 0.632. The van der Waals surface area contributed by atoms with Crippen LogP contribution in [0, 0.1) is 5.92 Å². The van der Waals surface area contributed by atoms with Gasteiger partial charge in [-0.15, -0.1) is 0 Å². The van der Waals surface area contributed by atoms with Crippen molar-refractivity contribution in [1.82, 2.24) is 19.8 Å². The third kappa shape index (κ3) is 6.44. The van der Waals surface area contributed by atoms with Gasteiger partial charge in [-0.1, -0.05) is 32.4 Å². The number of hydrogen-bond acceptors (Lipinski definition) is 5. The van der Waals surface area contributed by atoms with E-state index in [1.54, 1.807) is 0 Å². The second-order valence-corrected chi connectivity index (χ2v) is 8.98. The molecule has 13 heteroatoms. The number of carbonyl (C=O) groups is 3. The summed E-state index contributed by atoms with van der Waals surface area (Å²) in [5.74, 6) is -3.09. The lowest BCUT2D eigenvalue weighted by atomic mass is 9.93. The van der Waals surface area contributed by atoms with E-state index in [9.17, 15) is 37.8 Å². The molecule has 1 fully saturated rings. The van der Waals surface area contributed by atoms with E-state index in [0.717, 1.165) is 16.0 Å². The molecule has 0 radical (unpaired) electrons. The van der Waals surface area contributed by atoms with Crippen molar-refractivity contribution in [2.24, 2.45) is 5.92 Å². The number of alkyl halides is 3. The third-order valence-corrected chi connectivity index (χ3v) is 5.32. The van der Waals surface area contributed by atoms with E-state index in [4.69, 9.17) is 11.6 Å².